The van der Waals surface area contributed by atoms with E-state index in [9.17, 15) is 17.6 Å². The molecule has 1 fully saturated rings. The third-order valence-corrected chi connectivity index (χ3v) is 5.10. The molecule has 2 N–H and O–H groups in total. The van der Waals surface area contributed by atoms with E-state index in [4.69, 9.17) is 9.84 Å². The van der Waals surface area contributed by atoms with E-state index in [0.717, 1.165) is 6.07 Å². The van der Waals surface area contributed by atoms with Crippen LogP contribution in [0.2, 0.25) is 0 Å². The van der Waals surface area contributed by atoms with E-state index in [0.29, 0.717) is 0 Å². The summed E-state index contributed by atoms with van der Waals surface area (Å²) in [7, 11) is -4.17. The van der Waals surface area contributed by atoms with Crippen LogP contribution in [0.5, 0.6) is 0 Å². The third-order valence-electron chi connectivity index (χ3n) is 2.78. The molecule has 1 heterocycles. The van der Waals surface area contributed by atoms with Gasteiger partial charge >= 0.3 is 5.97 Å². The van der Waals surface area contributed by atoms with E-state index in [2.05, 4.69) is 20.7 Å². The lowest BCUT2D eigenvalue weighted by Crippen LogP contribution is -2.59. The fourth-order valence-electron chi connectivity index (χ4n) is 1.78. The molecule has 9 heteroatoms. The minimum atomic E-state index is -4.17. The highest BCUT2D eigenvalue weighted by Gasteiger charge is 2.39. The predicted molar refractivity (Wildman–Crippen MR) is 70.6 cm³/mol. The van der Waals surface area contributed by atoms with Crippen molar-refractivity contribution in [2.24, 2.45) is 0 Å². The minimum absolute atomic E-state index is 0.0281. The molecule has 0 amide bonds. The Balaban J connectivity index is 2.47. The lowest BCUT2D eigenvalue weighted by Gasteiger charge is -2.38. The van der Waals surface area contributed by atoms with Gasteiger partial charge in [0.15, 0.2) is 5.82 Å². The molecular weight excluding hydrogens is 357 g/mol. The van der Waals surface area contributed by atoms with Gasteiger partial charge in [-0.1, -0.05) is 0 Å². The summed E-state index contributed by atoms with van der Waals surface area (Å²) in [4.78, 5) is 10.3. The number of sulfonamides is 1. The quantitative estimate of drug-likeness (QED) is 0.837. The summed E-state index contributed by atoms with van der Waals surface area (Å²) in [5.74, 6) is -2.85. The molecule has 0 spiro atoms. The molecule has 1 aromatic carbocycles. The summed E-state index contributed by atoms with van der Waals surface area (Å²) < 4.78 is 45.6. The zero-order valence-corrected chi connectivity index (χ0v) is 12.7. The number of nitrogens with one attached hydrogen (secondary N) is 1. The molecule has 0 unspecified atom stereocenters. The first-order chi connectivity index (χ1) is 9.16. The second-order valence-corrected chi connectivity index (χ2v) is 7.20. The molecular formula is C11H11BrFNO5S. The Morgan fingerprint density at radius 1 is 1.50 bits per heavy atom. The van der Waals surface area contributed by atoms with Crippen LogP contribution < -0.4 is 4.72 Å². The monoisotopic (exact) mass is 367 g/mol. The standard InChI is InChI=1S/C11H11BrFNO5S/c1-11(4-19-5-11)14-20(17,18)7-3-2-6(12)8(9(7)13)10(15)16/h2-3,14H,4-5H2,1H3,(H,15,16). The summed E-state index contributed by atoms with van der Waals surface area (Å²) in [5, 5.41) is 8.92. The van der Waals surface area contributed by atoms with Crippen molar-refractivity contribution in [3.63, 3.8) is 0 Å². The summed E-state index contributed by atoms with van der Waals surface area (Å²) in [6, 6.07) is 2.19. The van der Waals surface area contributed by atoms with E-state index in [1.54, 1.807) is 6.92 Å². The van der Waals surface area contributed by atoms with Crippen molar-refractivity contribution in [1.82, 2.24) is 4.72 Å². The maximum absolute atomic E-state index is 14.1. The predicted octanol–water partition coefficient (Wildman–Crippen LogP) is 1.35. The van der Waals surface area contributed by atoms with Crippen LogP contribution in [0.1, 0.15) is 17.3 Å². The van der Waals surface area contributed by atoms with Gasteiger partial charge in [-0.05, 0) is 35.0 Å². The van der Waals surface area contributed by atoms with Gasteiger partial charge in [0.1, 0.15) is 10.5 Å². The lowest BCUT2D eigenvalue weighted by molar-refractivity contribution is -0.0523. The minimum Gasteiger partial charge on any atom is -0.478 e. The van der Waals surface area contributed by atoms with E-state index in [1.165, 1.54) is 6.07 Å². The second kappa shape index (κ2) is 5.06. The number of rotatable bonds is 4. The first kappa shape index (κ1) is 15.4. The second-order valence-electron chi connectivity index (χ2n) is 4.70. The summed E-state index contributed by atoms with van der Waals surface area (Å²) in [6.45, 7) is 1.97. The van der Waals surface area contributed by atoms with Gasteiger partial charge in [-0.15, -0.1) is 0 Å². The van der Waals surface area contributed by atoms with Gasteiger partial charge in [-0.2, -0.15) is 0 Å². The average molecular weight is 368 g/mol. The van der Waals surface area contributed by atoms with Crippen LogP contribution in [0.15, 0.2) is 21.5 Å². The van der Waals surface area contributed by atoms with Gasteiger partial charge in [0.2, 0.25) is 10.0 Å². The largest absolute Gasteiger partial charge is 0.478 e. The third kappa shape index (κ3) is 2.71. The van der Waals surface area contributed by atoms with Gasteiger partial charge in [-0.25, -0.2) is 22.3 Å². The molecule has 1 aromatic rings. The molecule has 20 heavy (non-hydrogen) atoms. The Bertz CT molecular complexity index is 672. The van der Waals surface area contributed by atoms with Crippen LogP contribution in [0.4, 0.5) is 4.39 Å². The van der Waals surface area contributed by atoms with E-state index in [-0.39, 0.29) is 17.7 Å². The molecule has 1 aliphatic heterocycles. The summed E-state index contributed by atoms with van der Waals surface area (Å²) in [5.41, 5.74) is -1.52. The van der Waals surface area contributed by atoms with Crippen molar-refractivity contribution in [1.29, 1.82) is 0 Å². The highest BCUT2D eigenvalue weighted by Crippen LogP contribution is 2.27. The molecule has 0 bridgehead atoms. The Hall–Kier alpha value is -1.03. The van der Waals surface area contributed by atoms with Crippen LogP contribution in [-0.4, -0.2) is 38.2 Å². The number of hydrogen-bond acceptors (Lipinski definition) is 4. The highest BCUT2D eigenvalue weighted by atomic mass is 79.9. The highest BCUT2D eigenvalue weighted by molar-refractivity contribution is 9.10. The smallest absolute Gasteiger partial charge is 0.339 e. The molecule has 0 aromatic heterocycles. The average Bonchev–Trinajstić information content (AvgIpc) is 2.25. The van der Waals surface area contributed by atoms with E-state index in [1.807, 2.05) is 0 Å². The molecule has 110 valence electrons. The van der Waals surface area contributed by atoms with Crippen molar-refractivity contribution >= 4 is 31.9 Å². The molecule has 0 saturated carbocycles. The number of carboxylic acids is 1. The number of benzene rings is 1. The van der Waals surface area contributed by atoms with Crippen molar-refractivity contribution in [2.75, 3.05) is 13.2 Å². The SMILES string of the molecule is CC1(NS(=O)(=O)c2ccc(Br)c(C(=O)O)c2F)COC1. The Morgan fingerprint density at radius 2 is 2.10 bits per heavy atom. The maximum Gasteiger partial charge on any atom is 0.339 e. The Labute approximate surface area is 123 Å². The van der Waals surface area contributed by atoms with Crippen LogP contribution in [0, 0.1) is 5.82 Å². The van der Waals surface area contributed by atoms with Gasteiger partial charge in [0.05, 0.1) is 18.8 Å². The van der Waals surface area contributed by atoms with Crippen LogP contribution >= 0.6 is 15.9 Å². The van der Waals surface area contributed by atoms with E-state index >= 15 is 0 Å². The topological polar surface area (TPSA) is 92.7 Å². The number of hydrogen-bond donors (Lipinski definition) is 2. The first-order valence-electron chi connectivity index (χ1n) is 5.49. The molecule has 6 nitrogen and oxygen atoms in total. The summed E-state index contributed by atoms with van der Waals surface area (Å²) >= 11 is 2.88. The number of ether oxygens (including phenoxy) is 1. The number of aromatic carboxylic acids is 1. The van der Waals surface area contributed by atoms with Crippen LogP contribution in [-0.2, 0) is 14.8 Å². The van der Waals surface area contributed by atoms with Crippen LogP contribution in [0.25, 0.3) is 0 Å². The van der Waals surface area contributed by atoms with Gasteiger partial charge < -0.3 is 9.84 Å². The summed E-state index contributed by atoms with van der Waals surface area (Å²) in [6.07, 6.45) is 0. The van der Waals surface area contributed by atoms with Crippen molar-refractivity contribution in [2.45, 2.75) is 17.4 Å². The zero-order valence-electron chi connectivity index (χ0n) is 10.3. The maximum atomic E-state index is 14.1. The van der Waals surface area contributed by atoms with Crippen LogP contribution in [0.3, 0.4) is 0 Å². The van der Waals surface area contributed by atoms with Crippen molar-refractivity contribution < 1.29 is 27.4 Å². The molecule has 1 aliphatic rings. The van der Waals surface area contributed by atoms with Gasteiger partial charge in [0.25, 0.3) is 0 Å². The molecule has 0 atom stereocenters. The van der Waals surface area contributed by atoms with Gasteiger partial charge in [-0.3, -0.25) is 0 Å². The fourth-order valence-corrected chi connectivity index (χ4v) is 3.72. The molecule has 1 saturated heterocycles. The van der Waals surface area contributed by atoms with Crippen molar-refractivity contribution in [3.05, 3.63) is 28.0 Å². The lowest BCUT2D eigenvalue weighted by atomic mass is 10.0. The van der Waals surface area contributed by atoms with Crippen molar-refractivity contribution in [3.8, 4) is 0 Å². The molecule has 0 aliphatic carbocycles. The number of carbonyl (C=O) groups is 1. The Morgan fingerprint density at radius 3 is 2.55 bits per heavy atom. The number of halogens is 2. The van der Waals surface area contributed by atoms with E-state index < -0.39 is 37.8 Å². The first-order valence-corrected chi connectivity index (χ1v) is 7.77. The van der Waals surface area contributed by atoms with Gasteiger partial charge in [0, 0.05) is 4.47 Å². The Kier molecular flexibility index (Phi) is 3.89. The number of carboxylic acid groups (broad SMARTS) is 1. The molecule has 0 radical (unpaired) electrons. The molecule has 2 rings (SSSR count). The normalized spacial score (nSPS) is 17.6. The zero-order chi connectivity index (χ0) is 15.1. The fraction of sp³-hybridized carbons (Fsp3) is 0.364.